The highest BCUT2D eigenvalue weighted by atomic mass is 16.5. The van der Waals surface area contributed by atoms with E-state index in [0.29, 0.717) is 18.8 Å². The molecule has 0 amide bonds. The van der Waals surface area contributed by atoms with Gasteiger partial charge in [-0.25, -0.2) is 0 Å². The average molecular weight is 357 g/mol. The molecule has 1 rings (SSSR count). The van der Waals surface area contributed by atoms with E-state index in [2.05, 4.69) is 6.92 Å². The molecular formula is C22H44O3. The van der Waals surface area contributed by atoms with Gasteiger partial charge >= 0.3 is 0 Å². The Bertz CT molecular complexity index is 262. The van der Waals surface area contributed by atoms with E-state index in [4.69, 9.17) is 14.6 Å². The van der Waals surface area contributed by atoms with Crippen molar-refractivity contribution in [3.8, 4) is 0 Å². The number of aliphatic hydroxyl groups excluding tert-OH is 1. The Balaban J connectivity index is 1.76. The van der Waals surface area contributed by atoms with Gasteiger partial charge in [-0.1, -0.05) is 77.6 Å². The van der Waals surface area contributed by atoms with Crippen molar-refractivity contribution in [1.29, 1.82) is 0 Å². The van der Waals surface area contributed by atoms with Crippen LogP contribution in [0.2, 0.25) is 0 Å². The lowest BCUT2D eigenvalue weighted by molar-refractivity contribution is -0.0389. The fraction of sp³-hybridized carbons (Fsp3) is 1.00. The third-order valence-electron chi connectivity index (χ3n) is 5.42. The minimum Gasteiger partial charge on any atom is -0.394 e. The average Bonchev–Trinajstić information content (AvgIpc) is 2.65. The molecule has 1 aliphatic carbocycles. The first-order chi connectivity index (χ1) is 12.4. The fourth-order valence-electron chi connectivity index (χ4n) is 3.78. The lowest BCUT2D eigenvalue weighted by Gasteiger charge is -2.28. The first-order valence-corrected chi connectivity index (χ1v) is 11.2. The molecule has 0 unspecified atom stereocenters. The summed E-state index contributed by atoms with van der Waals surface area (Å²) in [5, 5.41) is 8.79. The standard InChI is InChI=1S/C22H44O3/c1-2-3-4-5-6-7-8-9-10-11-12-13-19-24-21-14-16-22(17-15-21)25-20-18-23/h21-23H,2-20H2,1H3. The maximum absolute atomic E-state index is 8.79. The number of hydrogen-bond acceptors (Lipinski definition) is 3. The predicted molar refractivity (Wildman–Crippen MR) is 106 cm³/mol. The summed E-state index contributed by atoms with van der Waals surface area (Å²) in [6, 6.07) is 0. The van der Waals surface area contributed by atoms with E-state index in [0.717, 1.165) is 32.3 Å². The minimum absolute atomic E-state index is 0.134. The Morgan fingerprint density at radius 2 is 1.00 bits per heavy atom. The molecule has 150 valence electrons. The highest BCUT2D eigenvalue weighted by molar-refractivity contribution is 4.73. The third-order valence-corrected chi connectivity index (χ3v) is 5.42. The number of ether oxygens (including phenoxy) is 2. The fourth-order valence-corrected chi connectivity index (χ4v) is 3.78. The molecule has 3 nitrogen and oxygen atoms in total. The van der Waals surface area contributed by atoms with Crippen molar-refractivity contribution in [2.75, 3.05) is 19.8 Å². The van der Waals surface area contributed by atoms with Gasteiger partial charge in [-0.3, -0.25) is 0 Å². The predicted octanol–water partition coefficient (Wildman–Crippen LogP) is 6.02. The monoisotopic (exact) mass is 356 g/mol. The van der Waals surface area contributed by atoms with Gasteiger partial charge in [0.25, 0.3) is 0 Å². The summed E-state index contributed by atoms with van der Waals surface area (Å²) in [7, 11) is 0. The number of aliphatic hydroxyl groups is 1. The molecule has 0 radical (unpaired) electrons. The first-order valence-electron chi connectivity index (χ1n) is 11.2. The Kier molecular flexibility index (Phi) is 15.9. The second-order valence-electron chi connectivity index (χ2n) is 7.75. The molecule has 0 aromatic rings. The van der Waals surface area contributed by atoms with Crippen LogP contribution in [-0.2, 0) is 9.47 Å². The van der Waals surface area contributed by atoms with Gasteiger partial charge in [-0.2, -0.15) is 0 Å². The smallest absolute Gasteiger partial charge is 0.0701 e. The van der Waals surface area contributed by atoms with Crippen LogP contribution < -0.4 is 0 Å². The quantitative estimate of drug-likeness (QED) is 0.324. The normalized spacial score (nSPS) is 20.9. The van der Waals surface area contributed by atoms with E-state index in [1.54, 1.807) is 0 Å². The van der Waals surface area contributed by atoms with Gasteiger partial charge in [0.05, 0.1) is 25.4 Å². The van der Waals surface area contributed by atoms with Crippen molar-refractivity contribution in [1.82, 2.24) is 0 Å². The molecule has 0 spiro atoms. The van der Waals surface area contributed by atoms with Crippen molar-refractivity contribution in [3.63, 3.8) is 0 Å². The lowest BCUT2D eigenvalue weighted by Crippen LogP contribution is -2.27. The highest BCUT2D eigenvalue weighted by Crippen LogP contribution is 2.23. The Morgan fingerprint density at radius 3 is 1.44 bits per heavy atom. The number of hydrogen-bond donors (Lipinski definition) is 1. The molecule has 1 N–H and O–H groups in total. The Hall–Kier alpha value is -0.120. The van der Waals surface area contributed by atoms with E-state index in [9.17, 15) is 0 Å². The van der Waals surface area contributed by atoms with Crippen LogP contribution in [0.4, 0.5) is 0 Å². The SMILES string of the molecule is CCCCCCCCCCCCCCOC1CCC(OCCO)CC1. The van der Waals surface area contributed by atoms with Crippen molar-refractivity contribution in [3.05, 3.63) is 0 Å². The van der Waals surface area contributed by atoms with Crippen LogP contribution in [0.3, 0.4) is 0 Å². The molecule has 1 saturated carbocycles. The van der Waals surface area contributed by atoms with Gasteiger partial charge < -0.3 is 14.6 Å². The molecular weight excluding hydrogens is 312 g/mol. The topological polar surface area (TPSA) is 38.7 Å². The Morgan fingerprint density at radius 1 is 0.600 bits per heavy atom. The van der Waals surface area contributed by atoms with Crippen LogP contribution in [0.25, 0.3) is 0 Å². The molecule has 0 aromatic heterocycles. The van der Waals surface area contributed by atoms with Crippen LogP contribution >= 0.6 is 0 Å². The van der Waals surface area contributed by atoms with Crippen molar-refractivity contribution < 1.29 is 14.6 Å². The number of rotatable bonds is 17. The van der Waals surface area contributed by atoms with E-state index in [-0.39, 0.29) is 6.61 Å². The van der Waals surface area contributed by atoms with Crippen LogP contribution in [0.15, 0.2) is 0 Å². The summed E-state index contributed by atoms with van der Waals surface area (Å²) >= 11 is 0. The van der Waals surface area contributed by atoms with Gasteiger partial charge in [0.15, 0.2) is 0 Å². The van der Waals surface area contributed by atoms with Gasteiger partial charge in [0.2, 0.25) is 0 Å². The molecule has 0 bridgehead atoms. The zero-order valence-corrected chi connectivity index (χ0v) is 16.9. The zero-order valence-electron chi connectivity index (χ0n) is 16.9. The van der Waals surface area contributed by atoms with Crippen molar-refractivity contribution in [2.45, 2.75) is 122 Å². The van der Waals surface area contributed by atoms with Crippen LogP contribution in [0.5, 0.6) is 0 Å². The second-order valence-corrected chi connectivity index (χ2v) is 7.75. The van der Waals surface area contributed by atoms with E-state index in [1.807, 2.05) is 0 Å². The third kappa shape index (κ3) is 13.7. The summed E-state index contributed by atoms with van der Waals surface area (Å²) in [5.41, 5.74) is 0. The first kappa shape index (κ1) is 22.9. The van der Waals surface area contributed by atoms with Crippen LogP contribution in [0, 0.1) is 0 Å². The minimum atomic E-state index is 0.134. The maximum atomic E-state index is 8.79. The summed E-state index contributed by atoms with van der Waals surface area (Å²) < 4.78 is 11.6. The maximum Gasteiger partial charge on any atom is 0.0701 e. The zero-order chi connectivity index (χ0) is 18.0. The van der Waals surface area contributed by atoms with E-state index in [1.165, 1.54) is 77.0 Å². The second kappa shape index (κ2) is 17.3. The summed E-state index contributed by atoms with van der Waals surface area (Å²) in [4.78, 5) is 0. The van der Waals surface area contributed by atoms with E-state index < -0.39 is 0 Å². The van der Waals surface area contributed by atoms with Gasteiger partial charge in [-0.15, -0.1) is 0 Å². The largest absolute Gasteiger partial charge is 0.394 e. The molecule has 1 fully saturated rings. The number of unbranched alkanes of at least 4 members (excludes halogenated alkanes) is 11. The molecule has 0 atom stereocenters. The molecule has 3 heteroatoms. The van der Waals surface area contributed by atoms with Gasteiger partial charge in [0, 0.05) is 6.61 Å². The Labute approximate surface area is 156 Å². The van der Waals surface area contributed by atoms with Gasteiger partial charge in [0.1, 0.15) is 0 Å². The lowest BCUT2D eigenvalue weighted by atomic mass is 9.95. The van der Waals surface area contributed by atoms with Crippen LogP contribution in [-0.4, -0.2) is 37.1 Å². The van der Waals surface area contributed by atoms with E-state index >= 15 is 0 Å². The summed E-state index contributed by atoms with van der Waals surface area (Å²) in [6.45, 7) is 3.83. The van der Waals surface area contributed by atoms with Crippen LogP contribution in [0.1, 0.15) is 110 Å². The molecule has 0 heterocycles. The summed E-state index contributed by atoms with van der Waals surface area (Å²) in [5.74, 6) is 0. The van der Waals surface area contributed by atoms with Crippen molar-refractivity contribution in [2.24, 2.45) is 0 Å². The highest BCUT2D eigenvalue weighted by Gasteiger charge is 2.21. The molecule has 0 aromatic carbocycles. The van der Waals surface area contributed by atoms with Gasteiger partial charge in [-0.05, 0) is 32.1 Å². The molecule has 1 aliphatic rings. The molecule has 0 aliphatic heterocycles. The molecule has 25 heavy (non-hydrogen) atoms. The van der Waals surface area contributed by atoms with Crippen molar-refractivity contribution >= 4 is 0 Å². The molecule has 0 saturated heterocycles. The summed E-state index contributed by atoms with van der Waals surface area (Å²) in [6.07, 6.45) is 21.9.